The van der Waals surface area contributed by atoms with E-state index in [4.69, 9.17) is 0 Å². The molecule has 7 heteroatoms. The molecule has 0 fully saturated rings. The van der Waals surface area contributed by atoms with Crippen LogP contribution in [-0.2, 0) is 10.0 Å². The lowest BCUT2D eigenvalue weighted by atomic mass is 10.1. The average molecular weight is 376 g/mol. The molecule has 1 aromatic heterocycles. The molecule has 1 atom stereocenters. The number of phenolic OH excluding ortho intramolecular Hbond substituents is 1. The van der Waals surface area contributed by atoms with Gasteiger partial charge in [-0.25, -0.2) is 8.42 Å². The van der Waals surface area contributed by atoms with Crippen LogP contribution in [0, 0.1) is 0 Å². The third-order valence-corrected chi connectivity index (χ3v) is 7.13. The monoisotopic (exact) mass is 375 g/mol. The van der Waals surface area contributed by atoms with Crippen LogP contribution in [0.1, 0.15) is 18.5 Å². The molecule has 1 N–H and O–H groups in total. The van der Waals surface area contributed by atoms with Gasteiger partial charge in [0.15, 0.2) is 0 Å². The normalized spacial score (nSPS) is 13.6. The lowest BCUT2D eigenvalue weighted by molar-refractivity contribution is 0.382. The highest BCUT2D eigenvalue weighted by Crippen LogP contribution is 2.34. The molecular formula is C13H14BrNO3S2. The molecule has 0 saturated carbocycles. The van der Waals surface area contributed by atoms with Crippen LogP contribution in [0.15, 0.2) is 44.4 Å². The van der Waals surface area contributed by atoms with E-state index in [1.54, 1.807) is 43.3 Å². The Kier molecular flexibility index (Phi) is 4.53. The van der Waals surface area contributed by atoms with Crippen molar-refractivity contribution >= 4 is 37.3 Å². The molecule has 1 heterocycles. The maximum Gasteiger partial charge on any atom is 0.252 e. The first-order valence-electron chi connectivity index (χ1n) is 5.85. The van der Waals surface area contributed by atoms with E-state index in [1.807, 2.05) is 0 Å². The summed E-state index contributed by atoms with van der Waals surface area (Å²) in [7, 11) is -2.06. The zero-order chi connectivity index (χ0) is 14.9. The molecule has 2 rings (SSSR count). The highest BCUT2D eigenvalue weighted by atomic mass is 79.9. The molecular weight excluding hydrogens is 362 g/mol. The van der Waals surface area contributed by atoms with Crippen LogP contribution in [-0.4, -0.2) is 24.9 Å². The zero-order valence-electron chi connectivity index (χ0n) is 10.9. The fraction of sp³-hybridized carbons (Fsp3) is 0.231. The molecule has 108 valence electrons. The molecule has 0 aliphatic rings. The van der Waals surface area contributed by atoms with Gasteiger partial charge in [-0.2, -0.15) is 4.31 Å². The molecule has 0 aliphatic heterocycles. The minimum absolute atomic E-state index is 0.0920. The van der Waals surface area contributed by atoms with Crippen molar-refractivity contribution in [3.05, 3.63) is 45.7 Å². The standard InChI is InChI=1S/C13H14BrNO3S2/c1-9(10-5-3-4-6-11(10)16)15(2)20(17,18)13-8-7-12(14)19-13/h3-9,16H,1-2H3. The zero-order valence-corrected chi connectivity index (χ0v) is 14.2. The minimum atomic E-state index is -3.57. The van der Waals surface area contributed by atoms with Crippen molar-refractivity contribution in [1.29, 1.82) is 0 Å². The number of para-hydroxylation sites is 1. The van der Waals surface area contributed by atoms with E-state index in [0.717, 1.165) is 15.1 Å². The number of sulfonamides is 1. The van der Waals surface area contributed by atoms with Crippen molar-refractivity contribution in [2.45, 2.75) is 17.2 Å². The molecule has 0 spiro atoms. The van der Waals surface area contributed by atoms with Crippen LogP contribution in [0.4, 0.5) is 0 Å². The Labute approximate surface area is 130 Å². The van der Waals surface area contributed by atoms with Gasteiger partial charge in [-0.05, 0) is 41.1 Å². The first-order chi connectivity index (χ1) is 9.34. The summed E-state index contributed by atoms with van der Waals surface area (Å²) in [5.74, 6) is 0.0920. The molecule has 0 bridgehead atoms. The molecule has 1 aromatic carbocycles. The van der Waals surface area contributed by atoms with E-state index < -0.39 is 16.1 Å². The van der Waals surface area contributed by atoms with E-state index in [1.165, 1.54) is 11.4 Å². The van der Waals surface area contributed by atoms with Crippen molar-refractivity contribution in [3.63, 3.8) is 0 Å². The van der Waals surface area contributed by atoms with Crippen molar-refractivity contribution in [1.82, 2.24) is 4.31 Å². The van der Waals surface area contributed by atoms with Crippen molar-refractivity contribution in [3.8, 4) is 5.75 Å². The predicted molar refractivity (Wildman–Crippen MR) is 83.5 cm³/mol. The summed E-state index contributed by atoms with van der Waals surface area (Å²) in [5.41, 5.74) is 0.578. The number of aromatic hydroxyl groups is 1. The highest BCUT2D eigenvalue weighted by molar-refractivity contribution is 9.11. The van der Waals surface area contributed by atoms with Gasteiger partial charge < -0.3 is 5.11 Å². The second-order valence-corrected chi connectivity index (χ2v) is 9.00. The maximum absolute atomic E-state index is 12.5. The second kappa shape index (κ2) is 5.85. The summed E-state index contributed by atoms with van der Waals surface area (Å²) in [6, 6.07) is 9.56. The number of hydrogen-bond acceptors (Lipinski definition) is 4. The SMILES string of the molecule is CC(c1ccccc1O)N(C)S(=O)(=O)c1ccc(Br)s1. The van der Waals surface area contributed by atoms with E-state index >= 15 is 0 Å². The minimum Gasteiger partial charge on any atom is -0.508 e. The molecule has 0 aliphatic carbocycles. The van der Waals surface area contributed by atoms with Gasteiger partial charge in [0.25, 0.3) is 10.0 Å². The summed E-state index contributed by atoms with van der Waals surface area (Å²) < 4.78 is 27.3. The fourth-order valence-corrected chi connectivity index (χ4v) is 5.36. The first kappa shape index (κ1) is 15.5. The quantitative estimate of drug-likeness (QED) is 0.887. The van der Waals surface area contributed by atoms with Crippen molar-refractivity contribution in [2.75, 3.05) is 7.05 Å². The van der Waals surface area contributed by atoms with Crippen LogP contribution in [0.25, 0.3) is 0 Å². The van der Waals surface area contributed by atoms with Gasteiger partial charge in [0, 0.05) is 12.6 Å². The number of phenols is 1. The van der Waals surface area contributed by atoms with Gasteiger partial charge in [0.2, 0.25) is 0 Å². The lowest BCUT2D eigenvalue weighted by Gasteiger charge is -2.24. The van der Waals surface area contributed by atoms with Gasteiger partial charge in [-0.3, -0.25) is 0 Å². The van der Waals surface area contributed by atoms with Gasteiger partial charge in [-0.15, -0.1) is 11.3 Å². The Morgan fingerprint density at radius 2 is 1.90 bits per heavy atom. The van der Waals surface area contributed by atoms with Gasteiger partial charge in [0.1, 0.15) is 9.96 Å². The number of thiophene rings is 1. The van der Waals surface area contributed by atoms with Gasteiger partial charge in [0.05, 0.1) is 9.83 Å². The summed E-state index contributed by atoms with van der Waals surface area (Å²) in [6.45, 7) is 1.75. The third-order valence-electron chi connectivity index (χ3n) is 3.11. The molecule has 1 unspecified atom stereocenters. The maximum atomic E-state index is 12.5. The number of nitrogens with zero attached hydrogens (tertiary/aromatic N) is 1. The molecule has 2 aromatic rings. The molecule has 4 nitrogen and oxygen atoms in total. The number of benzene rings is 1. The Morgan fingerprint density at radius 1 is 1.25 bits per heavy atom. The summed E-state index contributed by atoms with van der Waals surface area (Å²) in [4.78, 5) is 0. The third kappa shape index (κ3) is 2.90. The van der Waals surface area contributed by atoms with Crippen LogP contribution >= 0.6 is 27.3 Å². The number of hydrogen-bond donors (Lipinski definition) is 1. The summed E-state index contributed by atoms with van der Waals surface area (Å²) in [5, 5.41) is 9.84. The number of halogens is 1. The smallest absolute Gasteiger partial charge is 0.252 e. The van der Waals surface area contributed by atoms with Crippen molar-refractivity contribution in [2.24, 2.45) is 0 Å². The van der Waals surface area contributed by atoms with Gasteiger partial charge >= 0.3 is 0 Å². The molecule has 20 heavy (non-hydrogen) atoms. The highest BCUT2D eigenvalue weighted by Gasteiger charge is 2.28. The average Bonchev–Trinajstić information content (AvgIpc) is 2.85. The molecule has 0 amide bonds. The fourth-order valence-electron chi connectivity index (χ4n) is 1.82. The summed E-state index contributed by atoms with van der Waals surface area (Å²) in [6.07, 6.45) is 0. The van der Waals surface area contributed by atoms with Crippen LogP contribution in [0.3, 0.4) is 0 Å². The van der Waals surface area contributed by atoms with Crippen LogP contribution < -0.4 is 0 Å². The molecule has 0 radical (unpaired) electrons. The predicted octanol–water partition coefficient (Wildman–Crippen LogP) is 3.60. The van der Waals surface area contributed by atoms with Crippen LogP contribution in [0.2, 0.25) is 0 Å². The van der Waals surface area contributed by atoms with Crippen molar-refractivity contribution < 1.29 is 13.5 Å². The second-order valence-electron chi connectivity index (χ2n) is 4.31. The Morgan fingerprint density at radius 3 is 2.45 bits per heavy atom. The topological polar surface area (TPSA) is 57.6 Å². The summed E-state index contributed by atoms with van der Waals surface area (Å²) >= 11 is 4.43. The number of rotatable bonds is 4. The Hall–Kier alpha value is -0.890. The molecule has 0 saturated heterocycles. The first-order valence-corrected chi connectivity index (χ1v) is 8.90. The largest absolute Gasteiger partial charge is 0.508 e. The van der Waals surface area contributed by atoms with E-state index in [2.05, 4.69) is 15.9 Å². The lowest BCUT2D eigenvalue weighted by Crippen LogP contribution is -2.29. The van der Waals surface area contributed by atoms with E-state index in [-0.39, 0.29) is 9.96 Å². The van der Waals surface area contributed by atoms with E-state index in [0.29, 0.717) is 5.56 Å². The Bertz CT molecular complexity index is 712. The van der Waals surface area contributed by atoms with Crippen LogP contribution in [0.5, 0.6) is 5.75 Å². The van der Waals surface area contributed by atoms with E-state index in [9.17, 15) is 13.5 Å². The Balaban J connectivity index is 2.36. The van der Waals surface area contributed by atoms with Gasteiger partial charge in [-0.1, -0.05) is 18.2 Å².